The second kappa shape index (κ2) is 7.46. The Labute approximate surface area is 119 Å². The summed E-state index contributed by atoms with van der Waals surface area (Å²) in [6.07, 6.45) is 2.30. The minimum Gasteiger partial charge on any atom is -0.458 e. The lowest BCUT2D eigenvalue weighted by molar-refractivity contribution is 0.0271. The van der Waals surface area contributed by atoms with E-state index in [9.17, 15) is 9.18 Å². The molecule has 0 N–H and O–H groups in total. The molecule has 1 atom stereocenters. The summed E-state index contributed by atoms with van der Waals surface area (Å²) in [6, 6.07) is 5.42. The molecule has 1 aliphatic heterocycles. The summed E-state index contributed by atoms with van der Waals surface area (Å²) >= 11 is 0. The fraction of sp³-hybridized carbons (Fsp3) is 0.500. The normalized spacial score (nSPS) is 16.7. The van der Waals surface area contributed by atoms with Gasteiger partial charge in [-0.25, -0.2) is 9.18 Å². The third-order valence-corrected chi connectivity index (χ3v) is 3.10. The van der Waals surface area contributed by atoms with Gasteiger partial charge in [0.1, 0.15) is 11.9 Å². The number of rotatable bonds is 4. The van der Waals surface area contributed by atoms with Gasteiger partial charge in [0.25, 0.3) is 0 Å². The largest absolute Gasteiger partial charge is 0.458 e. The van der Waals surface area contributed by atoms with Gasteiger partial charge in [0.2, 0.25) is 0 Å². The van der Waals surface area contributed by atoms with E-state index in [1.165, 1.54) is 37.1 Å². The second-order valence-corrected chi connectivity index (χ2v) is 4.73. The average Bonchev–Trinajstić information content (AvgIpc) is 2.82. The highest BCUT2D eigenvalue weighted by Gasteiger charge is 2.17. The van der Waals surface area contributed by atoms with Gasteiger partial charge in [-0.2, -0.15) is 0 Å². The molecule has 1 aromatic rings. The highest BCUT2D eigenvalue weighted by Crippen LogP contribution is 2.11. The molecule has 2 rings (SSSR count). The molecule has 106 valence electrons. The van der Waals surface area contributed by atoms with Crippen LogP contribution in [0.5, 0.6) is 0 Å². The van der Waals surface area contributed by atoms with Crippen LogP contribution < -0.4 is 0 Å². The summed E-state index contributed by atoms with van der Waals surface area (Å²) in [5, 5.41) is 0. The van der Waals surface area contributed by atoms with Crippen LogP contribution in [0.15, 0.2) is 24.3 Å². The Morgan fingerprint density at radius 1 is 1.32 bits per heavy atom. The summed E-state index contributed by atoms with van der Waals surface area (Å²) in [7, 11) is 0. The van der Waals surface area contributed by atoms with Crippen molar-refractivity contribution in [1.29, 1.82) is 0 Å². The topological polar surface area (TPSA) is 29.5 Å². The predicted octanol–water partition coefficient (Wildman–Crippen LogP) is 2.89. The maximum absolute atomic E-state index is 12.7. The second-order valence-electron chi connectivity index (χ2n) is 4.73. The van der Waals surface area contributed by atoms with E-state index in [1.54, 1.807) is 0 Å². The SMILES string of the molecule is CC(CN1CCCC1)OC(=O)c1ccc(F)cc1.Cl. The smallest absolute Gasteiger partial charge is 0.338 e. The van der Waals surface area contributed by atoms with Crippen LogP contribution >= 0.6 is 12.4 Å². The maximum Gasteiger partial charge on any atom is 0.338 e. The van der Waals surface area contributed by atoms with Crippen molar-refractivity contribution in [2.45, 2.75) is 25.9 Å². The van der Waals surface area contributed by atoms with Gasteiger partial charge in [-0.05, 0) is 57.1 Å². The number of benzene rings is 1. The minimum absolute atomic E-state index is 0. The van der Waals surface area contributed by atoms with Gasteiger partial charge in [-0.3, -0.25) is 4.90 Å². The summed E-state index contributed by atoms with van der Waals surface area (Å²) in [4.78, 5) is 14.1. The molecule has 0 saturated carbocycles. The van der Waals surface area contributed by atoms with Crippen LogP contribution in [0, 0.1) is 5.82 Å². The van der Waals surface area contributed by atoms with Gasteiger partial charge >= 0.3 is 5.97 Å². The van der Waals surface area contributed by atoms with Gasteiger partial charge in [0, 0.05) is 6.54 Å². The van der Waals surface area contributed by atoms with Gasteiger partial charge in [0.15, 0.2) is 0 Å². The Morgan fingerprint density at radius 3 is 2.47 bits per heavy atom. The Morgan fingerprint density at radius 2 is 1.89 bits per heavy atom. The number of hydrogen-bond acceptors (Lipinski definition) is 3. The highest BCUT2D eigenvalue weighted by molar-refractivity contribution is 5.89. The van der Waals surface area contributed by atoms with E-state index in [0.717, 1.165) is 19.6 Å². The minimum atomic E-state index is -0.387. The fourth-order valence-corrected chi connectivity index (χ4v) is 2.20. The molecule has 1 saturated heterocycles. The molecule has 0 aromatic heterocycles. The third kappa shape index (κ3) is 4.80. The first-order chi connectivity index (χ1) is 8.65. The molecule has 5 heteroatoms. The first kappa shape index (κ1) is 15.9. The molecule has 0 spiro atoms. The van der Waals surface area contributed by atoms with E-state index >= 15 is 0 Å². The first-order valence-corrected chi connectivity index (χ1v) is 6.34. The lowest BCUT2D eigenvalue weighted by Gasteiger charge is -2.20. The number of nitrogens with zero attached hydrogens (tertiary/aromatic N) is 1. The number of carbonyl (C=O) groups is 1. The van der Waals surface area contributed by atoms with Crippen LogP contribution in [0.2, 0.25) is 0 Å². The van der Waals surface area contributed by atoms with Crippen molar-refractivity contribution in [2.24, 2.45) is 0 Å². The van der Waals surface area contributed by atoms with Crippen molar-refractivity contribution in [3.8, 4) is 0 Å². The standard InChI is InChI=1S/C14H18FNO2.ClH/c1-11(10-16-8-2-3-9-16)18-14(17)12-4-6-13(15)7-5-12;/h4-7,11H,2-3,8-10H2,1H3;1H. The average molecular weight is 288 g/mol. The number of likely N-dealkylation sites (tertiary alicyclic amines) is 1. The molecule has 1 aliphatic rings. The molecule has 0 radical (unpaired) electrons. The molecule has 0 bridgehead atoms. The van der Waals surface area contributed by atoms with E-state index < -0.39 is 0 Å². The molecule has 3 nitrogen and oxygen atoms in total. The molecule has 1 heterocycles. The zero-order valence-electron chi connectivity index (χ0n) is 11.0. The van der Waals surface area contributed by atoms with Crippen molar-refractivity contribution in [1.82, 2.24) is 4.90 Å². The van der Waals surface area contributed by atoms with Crippen LogP contribution in [0.1, 0.15) is 30.1 Å². The van der Waals surface area contributed by atoms with E-state index in [4.69, 9.17) is 4.74 Å². The number of carbonyl (C=O) groups excluding carboxylic acids is 1. The molecular formula is C14H19ClFNO2. The monoisotopic (exact) mass is 287 g/mol. The van der Waals surface area contributed by atoms with E-state index in [-0.39, 0.29) is 30.3 Å². The molecule has 1 unspecified atom stereocenters. The van der Waals surface area contributed by atoms with Crippen LogP contribution in [0.25, 0.3) is 0 Å². The Hall–Kier alpha value is -1.13. The zero-order valence-corrected chi connectivity index (χ0v) is 11.8. The van der Waals surface area contributed by atoms with Crippen LogP contribution in [-0.2, 0) is 4.74 Å². The zero-order chi connectivity index (χ0) is 13.0. The predicted molar refractivity (Wildman–Crippen MR) is 74.2 cm³/mol. The third-order valence-electron chi connectivity index (χ3n) is 3.10. The van der Waals surface area contributed by atoms with Crippen molar-refractivity contribution in [2.75, 3.05) is 19.6 Å². The molecule has 19 heavy (non-hydrogen) atoms. The summed E-state index contributed by atoms with van der Waals surface area (Å²) in [5.41, 5.74) is 0.393. The molecule has 1 aromatic carbocycles. The highest BCUT2D eigenvalue weighted by atomic mass is 35.5. The lowest BCUT2D eigenvalue weighted by atomic mass is 10.2. The number of hydrogen-bond donors (Lipinski definition) is 0. The summed E-state index contributed by atoms with van der Waals surface area (Å²) < 4.78 is 18.1. The van der Waals surface area contributed by atoms with Gasteiger partial charge in [0.05, 0.1) is 5.56 Å². The number of ether oxygens (including phenoxy) is 1. The number of halogens is 2. The molecule has 1 fully saturated rings. The van der Waals surface area contributed by atoms with E-state index in [1.807, 2.05) is 6.92 Å². The lowest BCUT2D eigenvalue weighted by Crippen LogP contribution is -2.31. The molecule has 0 aliphatic carbocycles. The van der Waals surface area contributed by atoms with Crippen molar-refractivity contribution >= 4 is 18.4 Å². The Kier molecular flexibility index (Phi) is 6.25. The van der Waals surface area contributed by atoms with Crippen molar-refractivity contribution in [3.05, 3.63) is 35.6 Å². The summed E-state index contributed by atoms with van der Waals surface area (Å²) in [5.74, 6) is -0.738. The van der Waals surface area contributed by atoms with Crippen LogP contribution in [0.3, 0.4) is 0 Å². The first-order valence-electron chi connectivity index (χ1n) is 6.34. The number of esters is 1. The molecular weight excluding hydrogens is 269 g/mol. The van der Waals surface area contributed by atoms with Crippen molar-refractivity contribution in [3.63, 3.8) is 0 Å². The Balaban J connectivity index is 0.00000180. The van der Waals surface area contributed by atoms with Gasteiger partial charge in [-0.15, -0.1) is 12.4 Å². The van der Waals surface area contributed by atoms with Crippen molar-refractivity contribution < 1.29 is 13.9 Å². The molecule has 0 amide bonds. The van der Waals surface area contributed by atoms with E-state index in [2.05, 4.69) is 4.90 Å². The van der Waals surface area contributed by atoms with Crippen LogP contribution in [-0.4, -0.2) is 36.6 Å². The maximum atomic E-state index is 12.7. The fourth-order valence-electron chi connectivity index (χ4n) is 2.20. The van der Waals surface area contributed by atoms with Crippen LogP contribution in [0.4, 0.5) is 4.39 Å². The Bertz CT molecular complexity index is 404. The van der Waals surface area contributed by atoms with Gasteiger partial charge < -0.3 is 4.74 Å². The quantitative estimate of drug-likeness (QED) is 0.798. The van der Waals surface area contributed by atoms with E-state index in [0.29, 0.717) is 5.56 Å². The van der Waals surface area contributed by atoms with Gasteiger partial charge in [-0.1, -0.05) is 0 Å². The summed E-state index contributed by atoms with van der Waals surface area (Å²) in [6.45, 7) is 4.82.